The van der Waals surface area contributed by atoms with E-state index in [2.05, 4.69) is 5.32 Å². The average molecular weight is 367 g/mol. The summed E-state index contributed by atoms with van der Waals surface area (Å²) >= 11 is 11.7. The zero-order chi connectivity index (χ0) is 16.8. The van der Waals surface area contributed by atoms with Gasteiger partial charge in [0.15, 0.2) is 6.61 Å². The van der Waals surface area contributed by atoms with Gasteiger partial charge >= 0.3 is 0 Å². The summed E-state index contributed by atoms with van der Waals surface area (Å²) in [6.07, 6.45) is -1.00. The Morgan fingerprint density at radius 2 is 2.00 bits per heavy atom. The van der Waals surface area contributed by atoms with E-state index in [4.69, 9.17) is 27.9 Å². The van der Waals surface area contributed by atoms with E-state index < -0.39 is 6.43 Å². The molecule has 1 aliphatic rings. The summed E-state index contributed by atoms with van der Waals surface area (Å²) < 4.78 is 29.9. The number of rotatable bonds is 6. The highest BCUT2D eigenvalue weighted by atomic mass is 35.5. The SMILES string of the molecule is O=C(COc1ccc(Cl)c(Cl)c1)NC1CCN(CC(F)F)CC1. The summed E-state index contributed by atoms with van der Waals surface area (Å²) in [6, 6.07) is 4.76. The van der Waals surface area contributed by atoms with Crippen molar-refractivity contribution in [2.75, 3.05) is 26.2 Å². The number of carbonyl (C=O) groups is 1. The molecule has 0 spiro atoms. The molecular formula is C15H18Cl2F2N2O2. The molecule has 1 aromatic carbocycles. The number of hydrogen-bond acceptors (Lipinski definition) is 3. The highest BCUT2D eigenvalue weighted by molar-refractivity contribution is 6.42. The first kappa shape index (κ1) is 18.2. The molecule has 4 nitrogen and oxygen atoms in total. The molecule has 128 valence electrons. The highest BCUT2D eigenvalue weighted by Crippen LogP contribution is 2.26. The quantitative estimate of drug-likeness (QED) is 0.840. The molecule has 1 aromatic rings. The van der Waals surface area contributed by atoms with Crippen LogP contribution in [0.5, 0.6) is 5.75 Å². The van der Waals surface area contributed by atoms with Crippen LogP contribution in [0.3, 0.4) is 0 Å². The van der Waals surface area contributed by atoms with Gasteiger partial charge in [0.05, 0.1) is 16.6 Å². The Bertz CT molecular complexity index is 538. The molecular weight excluding hydrogens is 349 g/mol. The number of alkyl halides is 2. The maximum atomic E-state index is 12.3. The zero-order valence-corrected chi connectivity index (χ0v) is 13.9. The van der Waals surface area contributed by atoms with Crippen LogP contribution in [0.4, 0.5) is 8.78 Å². The van der Waals surface area contributed by atoms with Gasteiger partial charge < -0.3 is 10.1 Å². The number of piperidine rings is 1. The minimum atomic E-state index is -2.32. The number of carbonyl (C=O) groups excluding carboxylic acids is 1. The van der Waals surface area contributed by atoms with Gasteiger partial charge in [-0.3, -0.25) is 9.69 Å². The Morgan fingerprint density at radius 3 is 2.61 bits per heavy atom. The predicted molar refractivity (Wildman–Crippen MR) is 85.6 cm³/mol. The number of nitrogens with one attached hydrogen (secondary N) is 1. The van der Waals surface area contributed by atoms with Crippen molar-refractivity contribution >= 4 is 29.1 Å². The summed E-state index contributed by atoms with van der Waals surface area (Å²) in [7, 11) is 0. The lowest BCUT2D eigenvalue weighted by atomic mass is 10.1. The Kier molecular flexibility index (Phi) is 6.87. The molecule has 0 radical (unpaired) electrons. The van der Waals surface area contributed by atoms with E-state index in [1.54, 1.807) is 23.1 Å². The fourth-order valence-corrected chi connectivity index (χ4v) is 2.73. The Balaban J connectivity index is 1.70. The number of amides is 1. The van der Waals surface area contributed by atoms with Gasteiger partial charge in [-0.05, 0) is 25.0 Å². The first-order valence-corrected chi connectivity index (χ1v) is 8.07. The number of hydrogen-bond donors (Lipinski definition) is 1. The fourth-order valence-electron chi connectivity index (χ4n) is 2.44. The largest absolute Gasteiger partial charge is 0.484 e. The maximum Gasteiger partial charge on any atom is 0.258 e. The van der Waals surface area contributed by atoms with E-state index in [1.165, 1.54) is 0 Å². The van der Waals surface area contributed by atoms with Crippen molar-refractivity contribution < 1.29 is 18.3 Å². The molecule has 8 heteroatoms. The van der Waals surface area contributed by atoms with Gasteiger partial charge in [0.1, 0.15) is 5.75 Å². The van der Waals surface area contributed by atoms with E-state index >= 15 is 0 Å². The van der Waals surface area contributed by atoms with Gasteiger partial charge in [-0.15, -0.1) is 0 Å². The first-order chi connectivity index (χ1) is 10.9. The minimum Gasteiger partial charge on any atom is -0.484 e. The van der Waals surface area contributed by atoms with Crippen LogP contribution < -0.4 is 10.1 Å². The smallest absolute Gasteiger partial charge is 0.258 e. The molecule has 2 rings (SSSR count). The minimum absolute atomic E-state index is 0.00571. The fraction of sp³-hybridized carbons (Fsp3) is 0.533. The molecule has 0 unspecified atom stereocenters. The molecule has 0 aliphatic carbocycles. The Hall–Kier alpha value is -1.11. The molecule has 1 fully saturated rings. The normalized spacial score (nSPS) is 16.6. The van der Waals surface area contributed by atoms with Gasteiger partial charge in [-0.2, -0.15) is 0 Å². The monoisotopic (exact) mass is 366 g/mol. The molecule has 1 amide bonds. The number of ether oxygens (including phenoxy) is 1. The van der Waals surface area contributed by atoms with Crippen molar-refractivity contribution in [1.82, 2.24) is 10.2 Å². The van der Waals surface area contributed by atoms with Crippen LogP contribution >= 0.6 is 23.2 Å². The van der Waals surface area contributed by atoms with Crippen LogP contribution in [0, 0.1) is 0 Å². The summed E-state index contributed by atoms with van der Waals surface area (Å²) in [5.41, 5.74) is 0. The van der Waals surface area contributed by atoms with Crippen LogP contribution in [-0.4, -0.2) is 49.5 Å². The third-order valence-corrected chi connectivity index (χ3v) is 4.35. The summed E-state index contributed by atoms with van der Waals surface area (Å²) in [5, 5.41) is 3.62. The van der Waals surface area contributed by atoms with Crippen LogP contribution in [-0.2, 0) is 4.79 Å². The van der Waals surface area contributed by atoms with E-state index in [9.17, 15) is 13.6 Å². The molecule has 23 heavy (non-hydrogen) atoms. The number of benzene rings is 1. The lowest BCUT2D eigenvalue weighted by molar-refractivity contribution is -0.124. The van der Waals surface area contributed by atoms with Crippen molar-refractivity contribution in [1.29, 1.82) is 0 Å². The first-order valence-electron chi connectivity index (χ1n) is 7.32. The summed E-state index contributed by atoms with van der Waals surface area (Å²) in [6.45, 7) is 0.780. The van der Waals surface area contributed by atoms with Crippen molar-refractivity contribution in [3.63, 3.8) is 0 Å². The van der Waals surface area contributed by atoms with Crippen LogP contribution in [0.25, 0.3) is 0 Å². The van der Waals surface area contributed by atoms with Crippen molar-refractivity contribution in [2.45, 2.75) is 25.3 Å². The van der Waals surface area contributed by atoms with Crippen molar-refractivity contribution in [2.24, 2.45) is 0 Å². The van der Waals surface area contributed by atoms with Crippen molar-refractivity contribution in [3.05, 3.63) is 28.2 Å². The predicted octanol–water partition coefficient (Wildman–Crippen LogP) is 3.22. The molecule has 1 N–H and O–H groups in total. The van der Waals surface area contributed by atoms with E-state index in [0.29, 0.717) is 41.7 Å². The topological polar surface area (TPSA) is 41.6 Å². The third kappa shape index (κ3) is 6.12. The van der Waals surface area contributed by atoms with Gasteiger partial charge in [0.2, 0.25) is 0 Å². The van der Waals surface area contributed by atoms with Gasteiger partial charge in [0, 0.05) is 25.2 Å². The second kappa shape index (κ2) is 8.66. The molecule has 1 saturated heterocycles. The molecule has 1 aliphatic heterocycles. The molecule has 0 saturated carbocycles. The van der Waals surface area contributed by atoms with E-state index in [-0.39, 0.29) is 25.1 Å². The van der Waals surface area contributed by atoms with Gasteiger partial charge in [0.25, 0.3) is 12.3 Å². The van der Waals surface area contributed by atoms with Crippen LogP contribution in [0.1, 0.15) is 12.8 Å². The highest BCUT2D eigenvalue weighted by Gasteiger charge is 2.22. The van der Waals surface area contributed by atoms with Gasteiger partial charge in [-0.1, -0.05) is 23.2 Å². The molecule has 0 atom stereocenters. The van der Waals surface area contributed by atoms with E-state index in [0.717, 1.165) is 0 Å². The lowest BCUT2D eigenvalue weighted by Gasteiger charge is -2.31. The van der Waals surface area contributed by atoms with Crippen LogP contribution in [0.15, 0.2) is 18.2 Å². The zero-order valence-electron chi connectivity index (χ0n) is 12.4. The van der Waals surface area contributed by atoms with Gasteiger partial charge in [-0.25, -0.2) is 8.78 Å². The molecule has 0 bridgehead atoms. The molecule has 0 aromatic heterocycles. The van der Waals surface area contributed by atoms with Crippen LogP contribution in [0.2, 0.25) is 10.0 Å². The molecule has 1 heterocycles. The Morgan fingerprint density at radius 1 is 1.30 bits per heavy atom. The summed E-state index contributed by atoms with van der Waals surface area (Å²) in [5.74, 6) is 0.213. The number of likely N-dealkylation sites (tertiary alicyclic amines) is 1. The third-order valence-electron chi connectivity index (χ3n) is 3.61. The summed E-state index contributed by atoms with van der Waals surface area (Å²) in [4.78, 5) is 13.6. The average Bonchev–Trinajstić information content (AvgIpc) is 2.50. The number of halogens is 4. The van der Waals surface area contributed by atoms with Crippen molar-refractivity contribution in [3.8, 4) is 5.75 Å². The Labute approximate surface area is 143 Å². The number of nitrogens with zero attached hydrogens (tertiary/aromatic N) is 1. The standard InChI is InChI=1S/C15H18Cl2F2N2O2/c16-12-2-1-11(7-13(12)17)23-9-15(22)20-10-3-5-21(6-4-10)8-14(18)19/h1-2,7,10,14H,3-6,8-9H2,(H,20,22). The van der Waals surface area contributed by atoms with E-state index in [1.807, 2.05) is 0 Å². The second-order valence-electron chi connectivity index (χ2n) is 5.40. The lowest BCUT2D eigenvalue weighted by Crippen LogP contribution is -2.46. The maximum absolute atomic E-state index is 12.3. The second-order valence-corrected chi connectivity index (χ2v) is 6.21.